The Labute approximate surface area is 149 Å². The molecule has 0 radical (unpaired) electrons. The van der Waals surface area contributed by atoms with Gasteiger partial charge in [-0.1, -0.05) is 19.3 Å². The van der Waals surface area contributed by atoms with E-state index in [9.17, 15) is 29.7 Å². The summed E-state index contributed by atoms with van der Waals surface area (Å²) >= 11 is 0. The first-order chi connectivity index (χ1) is 9.91. The van der Waals surface area contributed by atoms with Crippen molar-refractivity contribution in [3.8, 4) is 0 Å². The van der Waals surface area contributed by atoms with Gasteiger partial charge in [0.25, 0.3) is 0 Å². The van der Waals surface area contributed by atoms with Crippen molar-refractivity contribution in [1.82, 2.24) is 0 Å². The minimum absolute atomic E-state index is 0. The van der Waals surface area contributed by atoms with Gasteiger partial charge in [-0.25, -0.2) is 0 Å². The predicted molar refractivity (Wildman–Crippen MR) is 72.8 cm³/mol. The molecule has 3 rings (SSSR count). The van der Waals surface area contributed by atoms with Gasteiger partial charge in [0.2, 0.25) is 0 Å². The van der Waals surface area contributed by atoms with Gasteiger partial charge >= 0.3 is 25.8 Å². The first kappa shape index (κ1) is 21.3. The fraction of sp³-hybridized carbons (Fsp3) is 0.800. The first-order valence-corrected chi connectivity index (χ1v) is 7.54. The summed E-state index contributed by atoms with van der Waals surface area (Å²) in [5.41, 5.74) is 0. The van der Waals surface area contributed by atoms with Crippen LogP contribution in [-0.2, 0) is 14.4 Å². The molecule has 120 valence electrons. The zero-order chi connectivity index (χ0) is 15.8. The molecule has 0 aliphatic heterocycles. The molecule has 6 nitrogen and oxygen atoms in total. The normalized spacial score (nSPS) is 20.2. The first-order valence-electron chi connectivity index (χ1n) is 7.54. The quantitative estimate of drug-likeness (QED) is 0.541. The van der Waals surface area contributed by atoms with Gasteiger partial charge in [0, 0.05) is 17.9 Å². The summed E-state index contributed by atoms with van der Waals surface area (Å²) in [5, 5.41) is 29.6. The Morgan fingerprint density at radius 2 is 0.727 bits per heavy atom. The van der Waals surface area contributed by atoms with E-state index in [1.54, 1.807) is 0 Å². The maximum absolute atomic E-state index is 9.87. The number of hydrogen-bond acceptors (Lipinski definition) is 6. The second kappa shape index (κ2) is 10.9. The minimum atomic E-state index is -0.869. The van der Waals surface area contributed by atoms with E-state index in [1.165, 1.54) is 0 Å². The van der Waals surface area contributed by atoms with Crippen LogP contribution >= 0.6 is 0 Å². The molecule has 0 amide bonds. The molecule has 0 aromatic heterocycles. The summed E-state index contributed by atoms with van der Waals surface area (Å²) in [7, 11) is 0. The van der Waals surface area contributed by atoms with E-state index < -0.39 is 17.9 Å². The van der Waals surface area contributed by atoms with Gasteiger partial charge in [-0.2, -0.15) is 0 Å². The van der Waals surface area contributed by atoms with Gasteiger partial charge in [-0.3, -0.25) is 0 Å². The molecule has 0 spiro atoms. The van der Waals surface area contributed by atoms with Crippen LogP contribution in [0.1, 0.15) is 57.8 Å². The number of carboxylic acid groups (broad SMARTS) is 3. The zero-order valence-corrected chi connectivity index (χ0v) is 15.9. The van der Waals surface area contributed by atoms with E-state index in [0.29, 0.717) is 0 Å². The second-order valence-electron chi connectivity index (χ2n) is 5.84. The fourth-order valence-corrected chi connectivity index (χ4v) is 1.93. The molecule has 0 N–H and O–H groups in total. The maximum Gasteiger partial charge on any atom is 3.00 e. The van der Waals surface area contributed by atoms with Crippen molar-refractivity contribution in [2.24, 2.45) is 17.8 Å². The summed E-state index contributed by atoms with van der Waals surface area (Å²) in [6.45, 7) is 0. The van der Waals surface area contributed by atoms with Crippen LogP contribution in [0.3, 0.4) is 0 Å². The van der Waals surface area contributed by atoms with Crippen molar-refractivity contribution in [3.05, 3.63) is 0 Å². The van der Waals surface area contributed by atoms with Gasteiger partial charge < -0.3 is 29.7 Å². The van der Waals surface area contributed by atoms with E-state index >= 15 is 0 Å². The number of carbonyl (C=O) groups excluding carboxylic acids is 3. The molecule has 3 aliphatic rings. The topological polar surface area (TPSA) is 120 Å². The Kier molecular flexibility index (Phi) is 10.6. The monoisotopic (exact) mass is 412 g/mol. The van der Waals surface area contributed by atoms with Crippen molar-refractivity contribution in [1.29, 1.82) is 0 Å². The molecular weight excluding hydrogens is 391 g/mol. The van der Waals surface area contributed by atoms with Gasteiger partial charge in [-0.15, -0.1) is 0 Å². The number of hydrogen-bond donors (Lipinski definition) is 0. The van der Waals surface area contributed by atoms with Crippen LogP contribution in [0, 0.1) is 17.8 Å². The Morgan fingerprint density at radius 3 is 0.727 bits per heavy atom. The minimum Gasteiger partial charge on any atom is -0.550 e. The maximum atomic E-state index is 9.87. The molecule has 3 fully saturated rings. The van der Waals surface area contributed by atoms with Crippen LogP contribution < -0.4 is 15.3 Å². The molecule has 0 bridgehead atoms. The van der Waals surface area contributed by atoms with Gasteiger partial charge in [0.15, 0.2) is 0 Å². The van der Waals surface area contributed by atoms with Crippen LogP contribution in [0.4, 0.5) is 0 Å². The van der Waals surface area contributed by atoms with Crippen molar-refractivity contribution < 1.29 is 29.7 Å². The Bertz CT molecular complexity index is 315. The molecule has 0 saturated heterocycles. The Hall–Kier alpha value is -0.720. The van der Waals surface area contributed by atoms with E-state index in [2.05, 4.69) is 0 Å². The van der Waals surface area contributed by atoms with Gasteiger partial charge in [0.1, 0.15) is 0 Å². The van der Waals surface area contributed by atoms with Crippen molar-refractivity contribution in [2.75, 3.05) is 0 Å². The van der Waals surface area contributed by atoms with Crippen LogP contribution in [0.5, 0.6) is 0 Å². The van der Waals surface area contributed by atoms with Crippen LogP contribution in [0.15, 0.2) is 0 Å². The number of aliphatic carboxylic acids is 3. The van der Waals surface area contributed by atoms with Crippen molar-refractivity contribution >= 4 is 43.8 Å². The largest absolute Gasteiger partial charge is 3.00 e. The third kappa shape index (κ3) is 7.51. The van der Waals surface area contributed by atoms with E-state index in [1.807, 2.05) is 0 Å². The SMILES string of the molecule is O=C([O-])C1CCC1.O=C([O-])C1CCC1.O=C([O-])C1CCC1.[In+3]. The van der Waals surface area contributed by atoms with Crippen molar-refractivity contribution in [3.63, 3.8) is 0 Å². The molecule has 0 aromatic rings. The molecule has 0 atom stereocenters. The van der Waals surface area contributed by atoms with Crippen LogP contribution in [0.2, 0.25) is 0 Å². The third-order valence-electron chi connectivity index (χ3n) is 4.32. The molecule has 3 saturated carbocycles. The number of carboxylic acids is 3. The van der Waals surface area contributed by atoms with Crippen LogP contribution in [-0.4, -0.2) is 43.8 Å². The molecule has 0 unspecified atom stereocenters. The summed E-state index contributed by atoms with van der Waals surface area (Å²) in [4.78, 5) is 29.6. The molecule has 22 heavy (non-hydrogen) atoms. The van der Waals surface area contributed by atoms with Gasteiger partial charge in [0.05, 0.1) is 0 Å². The standard InChI is InChI=1S/3C5H8O2.In/c3*6-5(7)4-2-1-3-4;/h3*4H,1-3H2,(H,6,7);/q;;;+3/p-3. The average Bonchev–Trinajstić information content (AvgIpc) is 2.06. The van der Waals surface area contributed by atoms with Crippen molar-refractivity contribution in [2.45, 2.75) is 57.8 Å². The summed E-state index contributed by atoms with van der Waals surface area (Å²) in [6.07, 6.45) is 8.22. The number of carbonyl (C=O) groups is 3. The second-order valence-corrected chi connectivity index (χ2v) is 5.84. The zero-order valence-electron chi connectivity index (χ0n) is 12.6. The van der Waals surface area contributed by atoms with E-state index in [4.69, 9.17) is 0 Å². The average molecular weight is 412 g/mol. The molecule has 3 aliphatic carbocycles. The van der Waals surface area contributed by atoms with E-state index in [0.717, 1.165) is 57.8 Å². The van der Waals surface area contributed by atoms with Gasteiger partial charge in [-0.05, 0) is 56.3 Å². The van der Waals surface area contributed by atoms with Crippen LogP contribution in [0.25, 0.3) is 0 Å². The summed E-state index contributed by atoms with van der Waals surface area (Å²) < 4.78 is 0. The summed E-state index contributed by atoms with van der Waals surface area (Å²) in [5.74, 6) is -2.94. The Morgan fingerprint density at radius 1 is 0.545 bits per heavy atom. The summed E-state index contributed by atoms with van der Waals surface area (Å²) in [6, 6.07) is 0. The predicted octanol–water partition coefficient (Wildman–Crippen LogP) is -1.77. The molecule has 0 aromatic carbocycles. The van der Waals surface area contributed by atoms with E-state index in [-0.39, 0.29) is 43.6 Å². The molecule has 7 heteroatoms. The molecular formula is C15H21InO6. The fourth-order valence-electron chi connectivity index (χ4n) is 1.93. The smallest absolute Gasteiger partial charge is 0.550 e. The number of rotatable bonds is 3. The third-order valence-corrected chi connectivity index (χ3v) is 4.32. The Balaban J connectivity index is 0.000000294. The molecule has 0 heterocycles.